The van der Waals surface area contributed by atoms with Crippen molar-refractivity contribution in [3.63, 3.8) is 0 Å². The molecule has 0 unspecified atom stereocenters. The number of rotatable bonds is 2. The van der Waals surface area contributed by atoms with Gasteiger partial charge in [0.15, 0.2) is 5.17 Å². The summed E-state index contributed by atoms with van der Waals surface area (Å²) in [6.07, 6.45) is 4.98. The Balaban J connectivity index is 1.59. The van der Waals surface area contributed by atoms with Gasteiger partial charge in [0.25, 0.3) is 0 Å². The number of nitrogens with one attached hydrogen (secondary N) is 1. The fourth-order valence-corrected chi connectivity index (χ4v) is 3.47. The van der Waals surface area contributed by atoms with Crippen molar-refractivity contribution in [1.82, 2.24) is 5.32 Å². The van der Waals surface area contributed by atoms with Crippen molar-refractivity contribution in [2.75, 3.05) is 25.5 Å². The van der Waals surface area contributed by atoms with Crippen molar-refractivity contribution in [3.05, 3.63) is 0 Å². The Morgan fingerprint density at radius 3 is 2.75 bits per heavy atom. The predicted molar refractivity (Wildman–Crippen MR) is 68.0 cm³/mol. The molecule has 0 radical (unpaired) electrons. The van der Waals surface area contributed by atoms with Crippen molar-refractivity contribution in [2.45, 2.75) is 38.1 Å². The van der Waals surface area contributed by atoms with Gasteiger partial charge in [0, 0.05) is 25.5 Å². The van der Waals surface area contributed by atoms with Gasteiger partial charge >= 0.3 is 0 Å². The topological polar surface area (TPSA) is 33.6 Å². The van der Waals surface area contributed by atoms with E-state index in [-0.39, 0.29) is 0 Å². The zero-order valence-corrected chi connectivity index (χ0v) is 10.7. The highest BCUT2D eigenvalue weighted by Gasteiger charge is 2.40. The largest absolute Gasteiger partial charge is 0.381 e. The van der Waals surface area contributed by atoms with Gasteiger partial charge in [-0.05, 0) is 31.1 Å². The van der Waals surface area contributed by atoms with E-state index in [1.165, 1.54) is 23.8 Å². The molecular weight excluding hydrogens is 220 g/mol. The van der Waals surface area contributed by atoms with E-state index in [2.05, 4.69) is 12.2 Å². The van der Waals surface area contributed by atoms with E-state index in [1.54, 1.807) is 0 Å². The van der Waals surface area contributed by atoms with Crippen LogP contribution in [0, 0.1) is 5.41 Å². The van der Waals surface area contributed by atoms with Gasteiger partial charge < -0.3 is 10.1 Å². The number of ether oxygens (including phenoxy) is 1. The number of aliphatic imine (C=N–C) groups is 1. The molecule has 1 N–H and O–H groups in total. The zero-order chi connectivity index (χ0) is 11.1. The van der Waals surface area contributed by atoms with Gasteiger partial charge in [0.1, 0.15) is 0 Å². The number of nitrogens with zero attached hydrogens (tertiary/aromatic N) is 1. The van der Waals surface area contributed by atoms with Crippen LogP contribution in [0.25, 0.3) is 0 Å². The van der Waals surface area contributed by atoms with Crippen LogP contribution in [0.3, 0.4) is 0 Å². The second kappa shape index (κ2) is 3.91. The van der Waals surface area contributed by atoms with Crippen LogP contribution < -0.4 is 5.32 Å². The van der Waals surface area contributed by atoms with Crippen molar-refractivity contribution in [2.24, 2.45) is 10.4 Å². The van der Waals surface area contributed by atoms with Crippen LogP contribution in [0.1, 0.15) is 32.6 Å². The monoisotopic (exact) mass is 240 g/mol. The third-order valence-corrected chi connectivity index (χ3v) is 5.22. The Morgan fingerprint density at radius 2 is 2.06 bits per heavy atom. The molecule has 1 spiro atoms. The minimum Gasteiger partial charge on any atom is -0.381 e. The lowest BCUT2D eigenvalue weighted by Gasteiger charge is -2.32. The molecule has 0 aromatic heterocycles. The Labute approximate surface area is 101 Å². The maximum atomic E-state index is 5.43. The Bertz CT molecular complexity index is 306. The molecule has 0 atom stereocenters. The quantitative estimate of drug-likeness (QED) is 0.802. The van der Waals surface area contributed by atoms with Crippen molar-refractivity contribution in [3.8, 4) is 0 Å². The fraction of sp³-hybridized carbons (Fsp3) is 0.917. The first kappa shape index (κ1) is 10.9. The number of hydrogen-bond donors (Lipinski definition) is 1. The number of thioether (sulfide) groups is 1. The molecule has 90 valence electrons. The van der Waals surface area contributed by atoms with Gasteiger partial charge in [0.2, 0.25) is 0 Å². The number of hydrogen-bond acceptors (Lipinski definition) is 3. The van der Waals surface area contributed by atoms with E-state index < -0.39 is 0 Å². The lowest BCUT2D eigenvalue weighted by Crippen LogP contribution is -2.48. The zero-order valence-electron chi connectivity index (χ0n) is 9.92. The molecule has 0 bridgehead atoms. The third kappa shape index (κ3) is 2.23. The second-order valence-electron chi connectivity index (χ2n) is 5.74. The van der Waals surface area contributed by atoms with Gasteiger partial charge in [-0.25, -0.2) is 0 Å². The Kier molecular flexibility index (Phi) is 2.67. The van der Waals surface area contributed by atoms with Crippen LogP contribution in [0.4, 0.5) is 0 Å². The van der Waals surface area contributed by atoms with Gasteiger partial charge in [-0.1, -0.05) is 18.7 Å². The molecule has 2 aliphatic heterocycles. The second-order valence-corrected chi connectivity index (χ2v) is 6.70. The lowest BCUT2D eigenvalue weighted by atomic mass is 9.93. The molecule has 1 saturated carbocycles. The fourth-order valence-electron chi connectivity index (χ4n) is 2.26. The maximum absolute atomic E-state index is 5.43. The molecule has 1 aliphatic carbocycles. The van der Waals surface area contributed by atoms with Crippen LogP contribution in [0.15, 0.2) is 4.99 Å². The first-order valence-corrected chi connectivity index (χ1v) is 7.22. The Morgan fingerprint density at radius 1 is 1.31 bits per heavy atom. The van der Waals surface area contributed by atoms with E-state index in [4.69, 9.17) is 9.73 Å². The molecule has 4 heteroatoms. The molecule has 3 aliphatic rings. The highest BCUT2D eigenvalue weighted by molar-refractivity contribution is 8.14. The molecule has 0 aromatic carbocycles. The highest BCUT2D eigenvalue weighted by Crippen LogP contribution is 2.45. The molecule has 2 saturated heterocycles. The molecule has 0 amide bonds. The van der Waals surface area contributed by atoms with Crippen LogP contribution in [-0.2, 0) is 4.74 Å². The van der Waals surface area contributed by atoms with Crippen LogP contribution in [-0.4, -0.2) is 36.2 Å². The van der Waals surface area contributed by atoms with Gasteiger partial charge in [-0.15, -0.1) is 0 Å². The minimum atomic E-state index is 0.298. The third-order valence-electron chi connectivity index (χ3n) is 4.02. The Hall–Kier alpha value is -0.220. The SMILES string of the molecule is CC1(CN=C2NC3(CCOCC3)CS2)CC1. The summed E-state index contributed by atoms with van der Waals surface area (Å²) < 4.78 is 5.43. The van der Waals surface area contributed by atoms with E-state index in [0.717, 1.165) is 32.6 Å². The summed E-state index contributed by atoms with van der Waals surface area (Å²) in [6, 6.07) is 0. The van der Waals surface area contributed by atoms with Crippen molar-refractivity contribution < 1.29 is 4.74 Å². The van der Waals surface area contributed by atoms with E-state index in [1.807, 2.05) is 11.8 Å². The predicted octanol–water partition coefficient (Wildman–Crippen LogP) is 2.03. The summed E-state index contributed by atoms with van der Waals surface area (Å²) >= 11 is 1.90. The summed E-state index contributed by atoms with van der Waals surface area (Å²) in [4.78, 5) is 4.73. The molecule has 3 fully saturated rings. The maximum Gasteiger partial charge on any atom is 0.157 e. The van der Waals surface area contributed by atoms with Crippen LogP contribution >= 0.6 is 11.8 Å². The molecule has 0 aromatic rings. The first-order valence-electron chi connectivity index (χ1n) is 6.23. The van der Waals surface area contributed by atoms with Crippen molar-refractivity contribution >= 4 is 16.9 Å². The van der Waals surface area contributed by atoms with E-state index in [0.29, 0.717) is 11.0 Å². The summed E-state index contributed by atoms with van der Waals surface area (Å²) in [5, 5.41) is 4.82. The molecule has 16 heavy (non-hydrogen) atoms. The molecule has 3 rings (SSSR count). The summed E-state index contributed by atoms with van der Waals surface area (Å²) in [5.41, 5.74) is 0.826. The molecular formula is C12H20N2OS. The van der Waals surface area contributed by atoms with Gasteiger partial charge in [-0.3, -0.25) is 4.99 Å². The molecule has 3 nitrogen and oxygen atoms in total. The average molecular weight is 240 g/mol. The smallest absolute Gasteiger partial charge is 0.157 e. The normalized spacial score (nSPS) is 32.9. The highest BCUT2D eigenvalue weighted by atomic mass is 32.2. The van der Waals surface area contributed by atoms with E-state index in [9.17, 15) is 0 Å². The van der Waals surface area contributed by atoms with Gasteiger partial charge in [0.05, 0.1) is 5.54 Å². The number of amidine groups is 1. The minimum absolute atomic E-state index is 0.298. The lowest BCUT2D eigenvalue weighted by molar-refractivity contribution is 0.0555. The standard InChI is InChI=1S/C12H20N2OS/c1-11(2-3-11)8-13-10-14-12(9-16-10)4-6-15-7-5-12/h2-9H2,1H3,(H,13,14). The average Bonchev–Trinajstić information content (AvgIpc) is 2.91. The van der Waals surface area contributed by atoms with Crippen LogP contribution in [0.2, 0.25) is 0 Å². The summed E-state index contributed by atoms with van der Waals surface area (Å²) in [6.45, 7) is 5.15. The molecule has 2 heterocycles. The summed E-state index contributed by atoms with van der Waals surface area (Å²) in [5.74, 6) is 1.17. The van der Waals surface area contributed by atoms with Crippen molar-refractivity contribution in [1.29, 1.82) is 0 Å². The summed E-state index contributed by atoms with van der Waals surface area (Å²) in [7, 11) is 0. The van der Waals surface area contributed by atoms with E-state index >= 15 is 0 Å². The van der Waals surface area contributed by atoms with Gasteiger partial charge in [-0.2, -0.15) is 0 Å². The first-order chi connectivity index (χ1) is 7.70. The van der Waals surface area contributed by atoms with Crippen LogP contribution in [0.5, 0.6) is 0 Å².